The highest BCUT2D eigenvalue weighted by Gasteiger charge is 2.51. The Kier molecular flexibility index (Phi) is 7.53. The van der Waals surface area contributed by atoms with E-state index in [0.29, 0.717) is 10.0 Å². The molecule has 0 bridgehead atoms. The Morgan fingerprint density at radius 1 is 1.00 bits per heavy atom. The van der Waals surface area contributed by atoms with Gasteiger partial charge in [-0.2, -0.15) is 0 Å². The zero-order chi connectivity index (χ0) is 26.3. The third-order valence-corrected chi connectivity index (χ3v) is 8.97. The summed E-state index contributed by atoms with van der Waals surface area (Å²) >= 11 is 15.2. The van der Waals surface area contributed by atoms with Crippen LogP contribution in [0.25, 0.3) is 20.2 Å². The van der Waals surface area contributed by atoms with E-state index < -0.39 is 30.2 Å². The monoisotopic (exact) mass is 578 g/mol. The Hall–Kier alpha value is -2.17. The number of halogens is 2. The highest BCUT2D eigenvalue weighted by atomic mass is 35.5. The highest BCUT2D eigenvalue weighted by molar-refractivity contribution is 7.19. The number of esters is 1. The molecule has 0 unspecified atom stereocenters. The van der Waals surface area contributed by atoms with Gasteiger partial charge in [0.05, 0.1) is 12.7 Å². The Morgan fingerprint density at radius 3 is 2.22 bits per heavy atom. The molecule has 0 fully saturated rings. The molecule has 0 saturated heterocycles. The Bertz CT molecular complexity index is 1510. The number of benzene rings is 2. The van der Waals surface area contributed by atoms with Crippen LogP contribution in [0.5, 0.6) is 0 Å². The smallest absolute Gasteiger partial charge is 0.342 e. The van der Waals surface area contributed by atoms with Crippen molar-refractivity contribution in [2.75, 3.05) is 6.61 Å². The van der Waals surface area contributed by atoms with Crippen LogP contribution in [0, 0.1) is 0 Å². The lowest BCUT2D eigenvalue weighted by molar-refractivity contribution is -0.168. The summed E-state index contributed by atoms with van der Waals surface area (Å²) in [6, 6.07) is 15.0. The van der Waals surface area contributed by atoms with Crippen LogP contribution in [0.2, 0.25) is 10.0 Å². The molecule has 1 aliphatic rings. The molecule has 0 aliphatic heterocycles. The standard InChI is InChI=1S/C27H24Cl2O6S2/c1-2-34-26(32)27(33)12-21(30)24(31)25(35-13-19-8-15-4-6-17(29)10-23(15)37-19)20(27)11-18-7-14-3-5-16(28)9-22(14)36-18/h3-10,21,24,30-31,33H,2,11-13H2,1H3/t21-,24+,27-/m1/s1. The summed E-state index contributed by atoms with van der Waals surface area (Å²) in [7, 11) is 0. The van der Waals surface area contributed by atoms with Crippen LogP contribution in [-0.4, -0.2) is 45.7 Å². The Labute approximate surface area is 231 Å². The van der Waals surface area contributed by atoms with Crippen molar-refractivity contribution in [1.29, 1.82) is 0 Å². The van der Waals surface area contributed by atoms with Gasteiger partial charge in [0.2, 0.25) is 0 Å². The van der Waals surface area contributed by atoms with E-state index in [1.165, 1.54) is 22.7 Å². The molecule has 2 aromatic heterocycles. The maximum Gasteiger partial charge on any atom is 0.342 e. The molecular weight excluding hydrogens is 555 g/mol. The lowest BCUT2D eigenvalue weighted by atomic mass is 9.77. The Balaban J connectivity index is 1.55. The van der Waals surface area contributed by atoms with E-state index in [0.717, 1.165) is 29.9 Å². The lowest BCUT2D eigenvalue weighted by Crippen LogP contribution is -2.53. The molecular formula is C27H24Cl2O6S2. The van der Waals surface area contributed by atoms with Crippen molar-refractivity contribution in [2.45, 2.75) is 44.2 Å². The maximum atomic E-state index is 13.0. The van der Waals surface area contributed by atoms with Gasteiger partial charge in [0.1, 0.15) is 18.5 Å². The molecule has 37 heavy (non-hydrogen) atoms. The first-order valence-electron chi connectivity index (χ1n) is 11.7. The first-order valence-corrected chi connectivity index (χ1v) is 14.0. The molecule has 3 atom stereocenters. The summed E-state index contributed by atoms with van der Waals surface area (Å²) in [6.07, 6.45) is -3.13. The molecule has 4 aromatic rings. The molecule has 0 saturated carbocycles. The predicted octanol–water partition coefficient (Wildman–Crippen LogP) is 5.86. The number of hydrogen-bond donors (Lipinski definition) is 3. The van der Waals surface area contributed by atoms with Crippen molar-refractivity contribution >= 4 is 72.0 Å². The normalized spacial score (nSPS) is 22.1. The second-order valence-corrected chi connectivity index (χ2v) is 12.1. The van der Waals surface area contributed by atoms with E-state index in [9.17, 15) is 20.1 Å². The Morgan fingerprint density at radius 2 is 1.59 bits per heavy atom. The van der Waals surface area contributed by atoms with Crippen LogP contribution in [0.4, 0.5) is 0 Å². The average molecular weight is 580 g/mol. The quantitative estimate of drug-likeness (QED) is 0.238. The second kappa shape index (κ2) is 10.5. The average Bonchev–Trinajstić information content (AvgIpc) is 3.44. The van der Waals surface area contributed by atoms with Crippen LogP contribution < -0.4 is 0 Å². The summed E-state index contributed by atoms with van der Waals surface area (Å²) in [5, 5.41) is 36.3. The van der Waals surface area contributed by atoms with Crippen LogP contribution >= 0.6 is 45.9 Å². The van der Waals surface area contributed by atoms with Crippen molar-refractivity contribution in [1.82, 2.24) is 0 Å². The second-order valence-electron chi connectivity index (χ2n) is 8.90. The fraction of sp³-hybridized carbons (Fsp3) is 0.296. The lowest BCUT2D eigenvalue weighted by Gasteiger charge is -2.39. The molecule has 0 amide bonds. The van der Waals surface area contributed by atoms with Crippen molar-refractivity contribution in [3.8, 4) is 0 Å². The number of hydrogen-bond acceptors (Lipinski definition) is 8. The highest BCUT2D eigenvalue weighted by Crippen LogP contribution is 2.41. The van der Waals surface area contributed by atoms with Crippen LogP contribution in [0.3, 0.4) is 0 Å². The van der Waals surface area contributed by atoms with Crippen LogP contribution in [-0.2, 0) is 27.3 Å². The van der Waals surface area contributed by atoms with Gasteiger partial charge in [-0.15, -0.1) is 22.7 Å². The van der Waals surface area contributed by atoms with Gasteiger partial charge in [-0.1, -0.05) is 35.3 Å². The van der Waals surface area contributed by atoms with E-state index in [-0.39, 0.29) is 31.0 Å². The van der Waals surface area contributed by atoms with E-state index in [1.54, 1.807) is 19.1 Å². The van der Waals surface area contributed by atoms with Gasteiger partial charge < -0.3 is 24.8 Å². The van der Waals surface area contributed by atoms with Crippen molar-refractivity contribution in [3.63, 3.8) is 0 Å². The zero-order valence-corrected chi connectivity index (χ0v) is 22.9. The predicted molar refractivity (Wildman–Crippen MR) is 147 cm³/mol. The van der Waals surface area contributed by atoms with E-state index >= 15 is 0 Å². The number of fused-ring (bicyclic) bond motifs is 2. The van der Waals surface area contributed by atoms with Gasteiger partial charge in [-0.05, 0) is 54.1 Å². The molecule has 2 aromatic carbocycles. The van der Waals surface area contributed by atoms with Gasteiger partial charge in [0.15, 0.2) is 5.60 Å². The molecule has 194 valence electrons. The summed E-state index contributed by atoms with van der Waals surface area (Å²) in [6.45, 7) is 1.76. The third kappa shape index (κ3) is 5.25. The van der Waals surface area contributed by atoms with Crippen molar-refractivity contribution in [3.05, 3.63) is 79.7 Å². The summed E-state index contributed by atoms with van der Waals surface area (Å²) in [5.41, 5.74) is -1.99. The fourth-order valence-corrected chi connectivity index (χ4v) is 7.16. The molecule has 10 heteroatoms. The zero-order valence-electron chi connectivity index (χ0n) is 19.7. The number of rotatable bonds is 7. The van der Waals surface area contributed by atoms with Gasteiger partial charge in [-0.25, -0.2) is 4.79 Å². The molecule has 2 heterocycles. The fourth-order valence-electron chi connectivity index (χ4n) is 4.56. The minimum absolute atomic E-state index is 0.0275. The van der Waals surface area contributed by atoms with Crippen molar-refractivity contribution in [2.24, 2.45) is 0 Å². The number of thiophene rings is 2. The largest absolute Gasteiger partial charge is 0.489 e. The minimum atomic E-state index is -2.16. The van der Waals surface area contributed by atoms with E-state index in [2.05, 4.69) is 0 Å². The SMILES string of the molecule is CCOC(=O)[C@@]1(O)C[C@@H](O)[C@H](O)C(OCc2cc3ccc(Cl)cc3s2)=C1Cc1cc2ccc(Cl)cc2s1. The summed E-state index contributed by atoms with van der Waals surface area (Å²) < 4.78 is 13.2. The molecule has 0 spiro atoms. The first kappa shape index (κ1) is 26.4. The first-order chi connectivity index (χ1) is 17.7. The summed E-state index contributed by atoms with van der Waals surface area (Å²) in [4.78, 5) is 14.7. The topological polar surface area (TPSA) is 96.2 Å². The molecule has 0 radical (unpaired) electrons. The van der Waals surface area contributed by atoms with Crippen molar-refractivity contribution < 1.29 is 29.6 Å². The molecule has 1 aliphatic carbocycles. The number of carbonyl (C=O) groups excluding carboxylic acids is 1. The van der Waals surface area contributed by atoms with Gasteiger partial charge >= 0.3 is 5.97 Å². The number of ether oxygens (including phenoxy) is 2. The van der Waals surface area contributed by atoms with E-state index in [4.69, 9.17) is 32.7 Å². The number of aliphatic hydroxyl groups is 3. The minimum Gasteiger partial charge on any atom is -0.489 e. The van der Waals surface area contributed by atoms with Gasteiger partial charge in [0, 0.05) is 47.6 Å². The third-order valence-electron chi connectivity index (χ3n) is 6.33. The van der Waals surface area contributed by atoms with Gasteiger partial charge in [0.25, 0.3) is 0 Å². The van der Waals surface area contributed by atoms with Gasteiger partial charge in [-0.3, -0.25) is 0 Å². The molecule has 5 rings (SSSR count). The number of carbonyl (C=O) groups is 1. The van der Waals surface area contributed by atoms with Crippen LogP contribution in [0.1, 0.15) is 23.1 Å². The molecule has 3 N–H and O–H groups in total. The van der Waals surface area contributed by atoms with Crippen LogP contribution in [0.15, 0.2) is 59.9 Å². The maximum absolute atomic E-state index is 13.0. The van der Waals surface area contributed by atoms with E-state index in [1.807, 2.05) is 36.4 Å². The number of aliphatic hydroxyl groups excluding tert-OH is 2. The molecule has 6 nitrogen and oxygen atoms in total. The summed E-state index contributed by atoms with van der Waals surface area (Å²) in [5.74, 6) is -0.919.